The van der Waals surface area contributed by atoms with Gasteiger partial charge in [0.05, 0.1) is 30.5 Å². The molecule has 0 bridgehead atoms. The van der Waals surface area contributed by atoms with Crippen molar-refractivity contribution in [3.63, 3.8) is 0 Å². The van der Waals surface area contributed by atoms with E-state index in [1.807, 2.05) is 0 Å². The van der Waals surface area contributed by atoms with Gasteiger partial charge in [-0.3, -0.25) is 14.1 Å². The third-order valence-corrected chi connectivity index (χ3v) is 7.36. The van der Waals surface area contributed by atoms with Crippen molar-refractivity contribution in [2.45, 2.75) is 4.90 Å². The number of carbonyl (C=O) groups excluding carboxylic acids is 1. The summed E-state index contributed by atoms with van der Waals surface area (Å²) in [6.07, 6.45) is 3.11. The Morgan fingerprint density at radius 2 is 1.80 bits per heavy atom. The molecule has 0 fully saturated rings. The largest absolute Gasteiger partial charge is 0.497 e. The van der Waals surface area contributed by atoms with E-state index in [0.717, 1.165) is 4.31 Å². The van der Waals surface area contributed by atoms with Gasteiger partial charge in [0.1, 0.15) is 18.0 Å². The molecule has 0 aliphatic heterocycles. The smallest absolute Gasteiger partial charge is 0.265 e. The molecule has 0 saturated carbocycles. The number of benzene rings is 3. The zero-order valence-electron chi connectivity index (χ0n) is 18.9. The Balaban J connectivity index is 1.75. The number of pyridine rings is 1. The second kappa shape index (κ2) is 10.2. The number of nitrogens with zero attached hydrogens (tertiary/aromatic N) is 2. The number of anilines is 2. The highest BCUT2D eigenvalue weighted by molar-refractivity contribution is 7.93. The fourth-order valence-electron chi connectivity index (χ4n) is 3.60. The molecule has 1 heterocycles. The molecule has 1 amide bonds. The molecule has 1 N–H and O–H groups in total. The first kappa shape index (κ1) is 24.3. The van der Waals surface area contributed by atoms with Crippen LogP contribution in [0.3, 0.4) is 0 Å². The van der Waals surface area contributed by atoms with E-state index in [4.69, 9.17) is 21.1 Å². The monoisotopic (exact) mass is 511 g/mol. The summed E-state index contributed by atoms with van der Waals surface area (Å²) in [7, 11) is -1.19. The van der Waals surface area contributed by atoms with Crippen LogP contribution >= 0.6 is 11.6 Å². The second-order valence-electron chi connectivity index (χ2n) is 7.46. The molecule has 35 heavy (non-hydrogen) atoms. The van der Waals surface area contributed by atoms with E-state index in [0.29, 0.717) is 38.7 Å². The number of nitrogens with one attached hydrogen (secondary N) is 1. The zero-order chi connectivity index (χ0) is 25.0. The van der Waals surface area contributed by atoms with Crippen LogP contribution in [0, 0.1) is 0 Å². The number of fused-ring (bicyclic) bond motifs is 1. The Labute approximate surface area is 208 Å². The van der Waals surface area contributed by atoms with Gasteiger partial charge in [-0.25, -0.2) is 8.42 Å². The van der Waals surface area contributed by atoms with Gasteiger partial charge in [-0.15, -0.1) is 0 Å². The maximum Gasteiger partial charge on any atom is 0.265 e. The predicted molar refractivity (Wildman–Crippen MR) is 136 cm³/mol. The van der Waals surface area contributed by atoms with Crippen molar-refractivity contribution < 1.29 is 22.7 Å². The minimum Gasteiger partial charge on any atom is -0.497 e. The molecule has 0 atom stereocenters. The van der Waals surface area contributed by atoms with Crippen molar-refractivity contribution in [2.24, 2.45) is 0 Å². The fourth-order valence-corrected chi connectivity index (χ4v) is 5.41. The van der Waals surface area contributed by atoms with Gasteiger partial charge < -0.3 is 14.8 Å². The number of sulfonamides is 1. The maximum absolute atomic E-state index is 13.9. The third-order valence-electron chi connectivity index (χ3n) is 5.29. The van der Waals surface area contributed by atoms with E-state index >= 15 is 0 Å². The van der Waals surface area contributed by atoms with Crippen LogP contribution in [0.15, 0.2) is 84.0 Å². The molecule has 8 nitrogen and oxygen atoms in total. The van der Waals surface area contributed by atoms with E-state index in [2.05, 4.69) is 10.3 Å². The number of methoxy groups -OCH3 is 2. The van der Waals surface area contributed by atoms with E-state index < -0.39 is 22.5 Å². The van der Waals surface area contributed by atoms with Crippen LogP contribution in [0.5, 0.6) is 11.5 Å². The summed E-state index contributed by atoms with van der Waals surface area (Å²) in [6, 6.07) is 17.7. The lowest BCUT2D eigenvalue weighted by molar-refractivity contribution is -0.114. The zero-order valence-corrected chi connectivity index (χ0v) is 20.5. The highest BCUT2D eigenvalue weighted by Gasteiger charge is 2.29. The lowest BCUT2D eigenvalue weighted by atomic mass is 10.2. The first-order valence-corrected chi connectivity index (χ1v) is 12.3. The molecule has 1 aromatic heterocycles. The molecule has 0 spiro atoms. The number of hydrogen-bond acceptors (Lipinski definition) is 6. The standard InChI is InChI=1S/C25H22ClN3O5S/c1-33-20-9-7-19(8-10-20)29(16-25(30)28-22-14-18(26)6-11-23(22)34-2)35(31,32)24-5-3-4-17-15-27-13-12-21(17)24/h3-15H,16H2,1-2H3,(H,28,30). The molecule has 10 heteroatoms. The Kier molecular flexibility index (Phi) is 7.09. The summed E-state index contributed by atoms with van der Waals surface area (Å²) in [6.45, 7) is -0.494. The third kappa shape index (κ3) is 5.16. The summed E-state index contributed by atoms with van der Waals surface area (Å²) < 4.78 is 39.3. The van der Waals surface area contributed by atoms with Crippen LogP contribution in [0.1, 0.15) is 0 Å². The lowest BCUT2D eigenvalue weighted by Gasteiger charge is -2.25. The summed E-state index contributed by atoms with van der Waals surface area (Å²) in [5.41, 5.74) is 0.624. The highest BCUT2D eigenvalue weighted by Crippen LogP contribution is 2.31. The van der Waals surface area contributed by atoms with Gasteiger partial charge in [0.15, 0.2) is 0 Å². The predicted octanol–water partition coefficient (Wildman–Crippen LogP) is 4.74. The molecule has 0 aliphatic rings. The van der Waals surface area contributed by atoms with Gasteiger partial charge in [-0.1, -0.05) is 23.7 Å². The van der Waals surface area contributed by atoms with Crippen LogP contribution in [0.4, 0.5) is 11.4 Å². The minimum absolute atomic E-state index is 0.0568. The van der Waals surface area contributed by atoms with Crippen LogP contribution in [0.25, 0.3) is 10.8 Å². The lowest BCUT2D eigenvalue weighted by Crippen LogP contribution is -2.38. The Bertz CT molecular complexity index is 1470. The summed E-state index contributed by atoms with van der Waals surface area (Å²) in [5.74, 6) is 0.366. The van der Waals surface area contributed by atoms with Crippen LogP contribution in [0.2, 0.25) is 5.02 Å². The molecule has 0 saturated heterocycles. The number of halogens is 1. The van der Waals surface area contributed by atoms with Gasteiger partial charge in [0, 0.05) is 28.2 Å². The molecule has 4 rings (SSSR count). The molecule has 180 valence electrons. The molecule has 3 aromatic carbocycles. The van der Waals surface area contributed by atoms with Crippen molar-refractivity contribution in [3.8, 4) is 11.5 Å². The SMILES string of the molecule is COc1ccc(N(CC(=O)Nc2cc(Cl)ccc2OC)S(=O)(=O)c2cccc3cnccc23)cc1. The molecular weight excluding hydrogens is 490 g/mol. The van der Waals surface area contributed by atoms with Crippen molar-refractivity contribution in [2.75, 3.05) is 30.4 Å². The van der Waals surface area contributed by atoms with Gasteiger partial charge in [0.2, 0.25) is 5.91 Å². The van der Waals surface area contributed by atoms with Gasteiger partial charge >= 0.3 is 0 Å². The number of rotatable bonds is 8. The van der Waals surface area contributed by atoms with Gasteiger partial charge in [-0.2, -0.15) is 0 Å². The van der Waals surface area contributed by atoms with E-state index in [1.165, 1.54) is 32.5 Å². The molecule has 0 radical (unpaired) electrons. The van der Waals surface area contributed by atoms with Gasteiger partial charge in [-0.05, 0) is 54.6 Å². The number of carbonyl (C=O) groups is 1. The first-order valence-electron chi connectivity index (χ1n) is 10.5. The Morgan fingerprint density at radius 3 is 2.51 bits per heavy atom. The topological polar surface area (TPSA) is 97.8 Å². The highest BCUT2D eigenvalue weighted by atomic mass is 35.5. The van der Waals surface area contributed by atoms with Gasteiger partial charge in [0.25, 0.3) is 10.0 Å². The number of amides is 1. The second-order valence-corrected chi connectivity index (χ2v) is 9.72. The molecule has 0 aliphatic carbocycles. The van der Waals surface area contributed by atoms with Crippen molar-refractivity contribution in [3.05, 3.63) is 84.1 Å². The quantitative estimate of drug-likeness (QED) is 0.367. The normalized spacial score (nSPS) is 11.2. The Morgan fingerprint density at radius 1 is 1.03 bits per heavy atom. The number of ether oxygens (including phenoxy) is 2. The fraction of sp³-hybridized carbons (Fsp3) is 0.120. The van der Waals surface area contributed by atoms with E-state index in [1.54, 1.807) is 60.8 Å². The summed E-state index contributed by atoms with van der Waals surface area (Å²) >= 11 is 6.07. The van der Waals surface area contributed by atoms with Crippen molar-refractivity contribution >= 4 is 49.7 Å². The molecule has 0 unspecified atom stereocenters. The first-order chi connectivity index (χ1) is 16.8. The average Bonchev–Trinajstić information content (AvgIpc) is 2.87. The van der Waals surface area contributed by atoms with Crippen LogP contribution in [-0.4, -0.2) is 40.1 Å². The van der Waals surface area contributed by atoms with E-state index in [-0.39, 0.29) is 4.90 Å². The molecular formula is C25H22ClN3O5S. The van der Waals surface area contributed by atoms with Crippen LogP contribution < -0.4 is 19.1 Å². The molecule has 4 aromatic rings. The van der Waals surface area contributed by atoms with Crippen LogP contribution in [-0.2, 0) is 14.8 Å². The van der Waals surface area contributed by atoms with Crippen molar-refractivity contribution in [1.29, 1.82) is 0 Å². The van der Waals surface area contributed by atoms with E-state index in [9.17, 15) is 13.2 Å². The number of hydrogen-bond donors (Lipinski definition) is 1. The summed E-state index contributed by atoms with van der Waals surface area (Å²) in [4.78, 5) is 17.2. The van der Waals surface area contributed by atoms with Crippen molar-refractivity contribution in [1.82, 2.24) is 4.98 Å². The Hall–Kier alpha value is -3.82. The minimum atomic E-state index is -4.16. The average molecular weight is 512 g/mol. The summed E-state index contributed by atoms with van der Waals surface area (Å²) in [5, 5.41) is 4.25. The maximum atomic E-state index is 13.9. The number of aromatic nitrogens is 1.